The molecule has 1 aromatic rings. The summed E-state index contributed by atoms with van der Waals surface area (Å²) in [7, 11) is 0. The maximum absolute atomic E-state index is 12.9. The standard InChI is InChI=1S/C16H22N2O2/c1-5-16(4)15(20)18(10-11(2)3)13-9-7-6-8-12(13)14(19)17-16/h6-9,11H,5,10H2,1-4H3,(H,17,19). The zero-order valence-corrected chi connectivity index (χ0v) is 12.6. The Hall–Kier alpha value is -1.84. The molecule has 108 valence electrons. The number of nitrogens with one attached hydrogen (secondary N) is 1. The van der Waals surface area contributed by atoms with Gasteiger partial charge in [-0.1, -0.05) is 32.9 Å². The molecular formula is C16H22N2O2. The summed E-state index contributed by atoms with van der Waals surface area (Å²) in [6.45, 7) is 8.47. The van der Waals surface area contributed by atoms with Crippen molar-refractivity contribution in [3.8, 4) is 0 Å². The Bertz CT molecular complexity index is 539. The third-order valence-electron chi connectivity index (χ3n) is 3.80. The second-order valence-electron chi connectivity index (χ2n) is 5.97. The molecule has 1 aromatic carbocycles. The molecule has 2 rings (SSSR count). The molecule has 0 aliphatic carbocycles. The van der Waals surface area contributed by atoms with Gasteiger partial charge in [0.2, 0.25) is 0 Å². The van der Waals surface area contributed by atoms with Crippen molar-refractivity contribution >= 4 is 17.5 Å². The molecule has 2 amide bonds. The van der Waals surface area contributed by atoms with Crippen molar-refractivity contribution in [1.82, 2.24) is 5.32 Å². The minimum Gasteiger partial charge on any atom is -0.338 e. The summed E-state index contributed by atoms with van der Waals surface area (Å²) < 4.78 is 0. The van der Waals surface area contributed by atoms with Crippen molar-refractivity contribution in [3.63, 3.8) is 0 Å². The fourth-order valence-electron chi connectivity index (χ4n) is 2.47. The molecule has 1 aliphatic heterocycles. The molecule has 1 unspecified atom stereocenters. The highest BCUT2D eigenvalue weighted by molar-refractivity contribution is 6.12. The predicted octanol–water partition coefficient (Wildman–Crippen LogP) is 2.59. The number of hydrogen-bond donors (Lipinski definition) is 1. The van der Waals surface area contributed by atoms with Crippen molar-refractivity contribution < 1.29 is 9.59 Å². The minimum absolute atomic E-state index is 0.0352. The van der Waals surface area contributed by atoms with Gasteiger partial charge in [0.05, 0.1) is 11.3 Å². The van der Waals surface area contributed by atoms with Gasteiger partial charge in [0.25, 0.3) is 11.8 Å². The smallest absolute Gasteiger partial charge is 0.254 e. The number of hydrogen-bond acceptors (Lipinski definition) is 2. The summed E-state index contributed by atoms with van der Waals surface area (Å²) in [6, 6.07) is 7.30. The first-order valence-corrected chi connectivity index (χ1v) is 7.12. The Labute approximate surface area is 120 Å². The van der Waals surface area contributed by atoms with Crippen molar-refractivity contribution in [2.45, 2.75) is 39.7 Å². The molecule has 0 saturated carbocycles. The molecule has 4 nitrogen and oxygen atoms in total. The molecule has 0 saturated heterocycles. The number of benzene rings is 1. The van der Waals surface area contributed by atoms with Gasteiger partial charge in [-0.15, -0.1) is 0 Å². The normalized spacial score (nSPS) is 22.6. The number of nitrogens with zero attached hydrogens (tertiary/aromatic N) is 1. The van der Waals surface area contributed by atoms with Crippen molar-refractivity contribution in [3.05, 3.63) is 29.8 Å². The first-order chi connectivity index (χ1) is 9.39. The number of carbonyl (C=O) groups excluding carboxylic acids is 2. The first kappa shape index (κ1) is 14.6. The molecule has 4 heteroatoms. The van der Waals surface area contributed by atoms with Crippen LogP contribution in [0.4, 0.5) is 5.69 Å². The van der Waals surface area contributed by atoms with E-state index in [1.807, 2.05) is 25.1 Å². The molecule has 1 heterocycles. The lowest BCUT2D eigenvalue weighted by molar-refractivity contribution is -0.124. The number of anilines is 1. The summed E-state index contributed by atoms with van der Waals surface area (Å²) in [5, 5.41) is 2.88. The Kier molecular flexibility index (Phi) is 3.84. The van der Waals surface area contributed by atoms with E-state index in [9.17, 15) is 9.59 Å². The topological polar surface area (TPSA) is 49.4 Å². The van der Waals surface area contributed by atoms with Crippen LogP contribution in [0.2, 0.25) is 0 Å². The van der Waals surface area contributed by atoms with E-state index in [-0.39, 0.29) is 11.8 Å². The SMILES string of the molecule is CCC1(C)NC(=O)c2ccccc2N(CC(C)C)C1=O. The molecule has 0 spiro atoms. The molecule has 0 fully saturated rings. The van der Waals surface area contributed by atoms with Crippen LogP contribution in [0.25, 0.3) is 0 Å². The monoisotopic (exact) mass is 274 g/mol. The van der Waals surface area contributed by atoms with E-state index in [2.05, 4.69) is 19.2 Å². The van der Waals surface area contributed by atoms with E-state index in [0.29, 0.717) is 30.1 Å². The van der Waals surface area contributed by atoms with Gasteiger partial charge in [-0.2, -0.15) is 0 Å². The Morgan fingerprint density at radius 1 is 1.25 bits per heavy atom. The van der Waals surface area contributed by atoms with Crippen LogP contribution >= 0.6 is 0 Å². The van der Waals surface area contributed by atoms with Crippen LogP contribution in [0.15, 0.2) is 24.3 Å². The van der Waals surface area contributed by atoms with Crippen LogP contribution < -0.4 is 10.2 Å². The van der Waals surface area contributed by atoms with Crippen LogP contribution in [0.5, 0.6) is 0 Å². The van der Waals surface area contributed by atoms with Crippen LogP contribution in [-0.2, 0) is 4.79 Å². The van der Waals surface area contributed by atoms with Gasteiger partial charge in [0.1, 0.15) is 5.54 Å². The molecule has 20 heavy (non-hydrogen) atoms. The molecule has 1 atom stereocenters. The minimum atomic E-state index is -0.842. The lowest BCUT2D eigenvalue weighted by Gasteiger charge is -2.32. The van der Waals surface area contributed by atoms with Crippen molar-refractivity contribution in [2.75, 3.05) is 11.4 Å². The van der Waals surface area contributed by atoms with E-state index >= 15 is 0 Å². The van der Waals surface area contributed by atoms with Gasteiger partial charge < -0.3 is 10.2 Å². The fourth-order valence-corrected chi connectivity index (χ4v) is 2.47. The maximum atomic E-state index is 12.9. The molecule has 1 N–H and O–H groups in total. The molecular weight excluding hydrogens is 252 g/mol. The number of fused-ring (bicyclic) bond motifs is 1. The fraction of sp³-hybridized carbons (Fsp3) is 0.500. The summed E-state index contributed by atoms with van der Waals surface area (Å²) in [4.78, 5) is 27.0. The highest BCUT2D eigenvalue weighted by Crippen LogP contribution is 2.29. The number of para-hydroxylation sites is 1. The van der Waals surface area contributed by atoms with E-state index < -0.39 is 5.54 Å². The summed E-state index contributed by atoms with van der Waals surface area (Å²) >= 11 is 0. The summed E-state index contributed by atoms with van der Waals surface area (Å²) in [5.74, 6) is 0.123. The van der Waals surface area contributed by atoms with E-state index in [0.717, 1.165) is 0 Å². The van der Waals surface area contributed by atoms with Crippen LogP contribution in [0, 0.1) is 5.92 Å². The third-order valence-corrected chi connectivity index (χ3v) is 3.80. The number of rotatable bonds is 3. The van der Waals surface area contributed by atoms with Gasteiger partial charge in [-0.25, -0.2) is 0 Å². The van der Waals surface area contributed by atoms with Crippen molar-refractivity contribution in [2.24, 2.45) is 5.92 Å². The second-order valence-corrected chi connectivity index (χ2v) is 5.97. The lowest BCUT2D eigenvalue weighted by Crippen LogP contribution is -2.56. The van der Waals surface area contributed by atoms with Crippen molar-refractivity contribution in [1.29, 1.82) is 0 Å². The molecule has 1 aliphatic rings. The van der Waals surface area contributed by atoms with E-state index in [1.54, 1.807) is 17.9 Å². The maximum Gasteiger partial charge on any atom is 0.254 e. The van der Waals surface area contributed by atoms with Crippen LogP contribution in [0.1, 0.15) is 44.5 Å². The largest absolute Gasteiger partial charge is 0.338 e. The zero-order valence-electron chi connectivity index (χ0n) is 12.6. The van der Waals surface area contributed by atoms with Gasteiger partial charge in [0.15, 0.2) is 0 Å². The van der Waals surface area contributed by atoms with Gasteiger partial charge in [-0.3, -0.25) is 9.59 Å². The van der Waals surface area contributed by atoms with E-state index in [4.69, 9.17) is 0 Å². The molecule has 0 radical (unpaired) electrons. The Balaban J connectivity index is 2.57. The third kappa shape index (κ3) is 2.42. The number of carbonyl (C=O) groups is 2. The highest BCUT2D eigenvalue weighted by atomic mass is 16.2. The Morgan fingerprint density at radius 2 is 1.90 bits per heavy atom. The summed E-state index contributed by atoms with van der Waals surface area (Å²) in [5.41, 5.74) is 0.435. The average Bonchev–Trinajstić information content (AvgIpc) is 2.49. The van der Waals surface area contributed by atoms with Gasteiger partial charge in [0, 0.05) is 6.54 Å². The quantitative estimate of drug-likeness (QED) is 0.921. The lowest BCUT2D eigenvalue weighted by atomic mass is 9.96. The van der Waals surface area contributed by atoms with Gasteiger partial charge >= 0.3 is 0 Å². The second kappa shape index (κ2) is 5.27. The molecule has 0 aromatic heterocycles. The van der Waals surface area contributed by atoms with Crippen LogP contribution in [-0.4, -0.2) is 23.9 Å². The first-order valence-electron chi connectivity index (χ1n) is 7.12. The van der Waals surface area contributed by atoms with E-state index in [1.165, 1.54) is 0 Å². The Morgan fingerprint density at radius 3 is 2.50 bits per heavy atom. The highest BCUT2D eigenvalue weighted by Gasteiger charge is 2.41. The predicted molar refractivity (Wildman–Crippen MR) is 79.8 cm³/mol. The average molecular weight is 274 g/mol. The molecule has 0 bridgehead atoms. The van der Waals surface area contributed by atoms with Gasteiger partial charge in [-0.05, 0) is 31.4 Å². The summed E-state index contributed by atoms with van der Waals surface area (Å²) in [6.07, 6.45) is 0.570. The van der Waals surface area contributed by atoms with Crippen LogP contribution in [0.3, 0.4) is 0 Å². The zero-order chi connectivity index (χ0) is 14.9. The number of amides is 2.